The summed E-state index contributed by atoms with van der Waals surface area (Å²) in [6.45, 7) is 11.2. The molecule has 1 heterocycles. The van der Waals surface area contributed by atoms with Crippen LogP contribution in [0.5, 0.6) is 0 Å². The van der Waals surface area contributed by atoms with Crippen LogP contribution in [0.25, 0.3) is 0 Å². The number of hydrogen-bond acceptors (Lipinski definition) is 8. The zero-order valence-electron chi connectivity index (χ0n) is 25.8. The average Bonchev–Trinajstić information content (AvgIpc) is 2.96. The van der Waals surface area contributed by atoms with Gasteiger partial charge in [0.25, 0.3) is 0 Å². The number of aliphatic hydroxyl groups excluding tert-OH is 2. The standard InChI is InChI=1S/C33H48O8Si/c1-33(2,3)42(5,6)41-26(17-18-29(35)37-4)21-28-30(36)32(39-23-25-15-11-8-12-16-25)31(27(40-28)19-20-34)38-22-24-13-9-7-10-14-24/h7-18,26-28,30-32,34,36H,19-23H2,1-6H3/b18-17-/t26-,27-,28+,30+,31-,32-/m0/s1. The monoisotopic (exact) mass is 600 g/mol. The number of carbonyl (C=O) groups excluding carboxylic acids is 1. The van der Waals surface area contributed by atoms with Gasteiger partial charge >= 0.3 is 5.97 Å². The normalized spacial score (nSPS) is 24.0. The predicted molar refractivity (Wildman–Crippen MR) is 164 cm³/mol. The van der Waals surface area contributed by atoms with E-state index in [0.717, 1.165) is 11.1 Å². The molecule has 0 radical (unpaired) electrons. The Kier molecular flexibility index (Phi) is 12.9. The van der Waals surface area contributed by atoms with E-state index in [1.54, 1.807) is 6.08 Å². The molecule has 0 bridgehead atoms. The Balaban J connectivity index is 1.89. The summed E-state index contributed by atoms with van der Waals surface area (Å²) in [7, 11) is -0.938. The second kappa shape index (κ2) is 15.9. The molecule has 0 spiro atoms. The summed E-state index contributed by atoms with van der Waals surface area (Å²) in [6.07, 6.45) is -0.548. The molecular formula is C33H48O8Si. The predicted octanol–water partition coefficient (Wildman–Crippen LogP) is 5.18. The molecule has 8 nitrogen and oxygen atoms in total. The van der Waals surface area contributed by atoms with Gasteiger partial charge in [0.1, 0.15) is 18.3 Å². The number of ether oxygens (including phenoxy) is 4. The summed E-state index contributed by atoms with van der Waals surface area (Å²) in [5, 5.41) is 21.6. The number of hydrogen-bond donors (Lipinski definition) is 2. The van der Waals surface area contributed by atoms with Gasteiger partial charge in [-0.1, -0.05) is 81.4 Å². The number of rotatable bonds is 14. The van der Waals surface area contributed by atoms with Gasteiger partial charge in [0.2, 0.25) is 0 Å². The van der Waals surface area contributed by atoms with E-state index in [0.29, 0.717) is 13.0 Å². The number of carbonyl (C=O) groups is 1. The van der Waals surface area contributed by atoms with Crippen molar-refractivity contribution < 1.29 is 38.4 Å². The van der Waals surface area contributed by atoms with Crippen LogP contribution < -0.4 is 0 Å². The van der Waals surface area contributed by atoms with E-state index in [4.69, 9.17) is 23.4 Å². The first-order valence-corrected chi connectivity index (χ1v) is 17.6. The third kappa shape index (κ3) is 9.84. The maximum Gasteiger partial charge on any atom is 0.330 e. The Morgan fingerprint density at radius 3 is 2.00 bits per heavy atom. The lowest BCUT2D eigenvalue weighted by Gasteiger charge is -2.46. The van der Waals surface area contributed by atoms with Gasteiger partial charge in [-0.2, -0.15) is 0 Å². The zero-order chi connectivity index (χ0) is 30.8. The molecule has 0 amide bonds. The number of esters is 1. The Bertz CT molecular complexity index is 1100. The van der Waals surface area contributed by atoms with Crippen LogP contribution in [-0.4, -0.2) is 74.8 Å². The van der Waals surface area contributed by atoms with Gasteiger partial charge in [-0.15, -0.1) is 0 Å². The van der Waals surface area contributed by atoms with Crippen molar-refractivity contribution in [3.05, 3.63) is 83.9 Å². The van der Waals surface area contributed by atoms with E-state index in [9.17, 15) is 15.0 Å². The molecule has 1 fully saturated rings. The van der Waals surface area contributed by atoms with Gasteiger partial charge in [0, 0.05) is 19.1 Å². The molecule has 0 aliphatic carbocycles. The molecule has 9 heteroatoms. The molecule has 1 saturated heterocycles. The van der Waals surface area contributed by atoms with Crippen molar-refractivity contribution in [2.45, 2.75) is 102 Å². The highest BCUT2D eigenvalue weighted by atomic mass is 28.4. The van der Waals surface area contributed by atoms with Gasteiger partial charge in [-0.3, -0.25) is 0 Å². The van der Waals surface area contributed by atoms with E-state index in [1.165, 1.54) is 13.2 Å². The van der Waals surface area contributed by atoms with Crippen molar-refractivity contribution in [2.75, 3.05) is 13.7 Å². The fourth-order valence-corrected chi connectivity index (χ4v) is 5.97. The van der Waals surface area contributed by atoms with E-state index in [2.05, 4.69) is 33.9 Å². The highest BCUT2D eigenvalue weighted by Gasteiger charge is 2.48. The minimum absolute atomic E-state index is 0.0759. The van der Waals surface area contributed by atoms with Crippen molar-refractivity contribution in [1.82, 2.24) is 0 Å². The fourth-order valence-electron chi connectivity index (χ4n) is 4.69. The van der Waals surface area contributed by atoms with E-state index in [-0.39, 0.29) is 24.7 Å². The smallest absolute Gasteiger partial charge is 0.330 e. The lowest BCUT2D eigenvalue weighted by molar-refractivity contribution is -0.257. The van der Waals surface area contributed by atoms with Crippen molar-refractivity contribution in [3.8, 4) is 0 Å². The van der Waals surface area contributed by atoms with Crippen LogP contribution in [0.2, 0.25) is 18.1 Å². The molecule has 0 saturated carbocycles. The largest absolute Gasteiger partial charge is 0.466 e. The quantitative estimate of drug-likeness (QED) is 0.174. The van der Waals surface area contributed by atoms with Crippen molar-refractivity contribution in [2.24, 2.45) is 0 Å². The highest BCUT2D eigenvalue weighted by molar-refractivity contribution is 6.74. The van der Waals surface area contributed by atoms with Gasteiger partial charge in [-0.05, 0) is 41.8 Å². The van der Waals surface area contributed by atoms with Crippen LogP contribution >= 0.6 is 0 Å². The van der Waals surface area contributed by atoms with Gasteiger partial charge in [0.15, 0.2) is 8.32 Å². The minimum Gasteiger partial charge on any atom is -0.466 e. The molecule has 0 unspecified atom stereocenters. The Morgan fingerprint density at radius 1 is 0.952 bits per heavy atom. The molecule has 42 heavy (non-hydrogen) atoms. The third-order valence-electron chi connectivity index (χ3n) is 8.11. The van der Waals surface area contributed by atoms with Gasteiger partial charge in [0.05, 0.1) is 38.6 Å². The van der Waals surface area contributed by atoms with Crippen LogP contribution in [-0.2, 0) is 41.4 Å². The maximum absolute atomic E-state index is 12.0. The summed E-state index contributed by atoms with van der Waals surface area (Å²) < 4.78 is 30.7. The van der Waals surface area contributed by atoms with Gasteiger partial charge in [-0.25, -0.2) is 4.79 Å². The topological polar surface area (TPSA) is 104 Å². The third-order valence-corrected chi connectivity index (χ3v) is 12.6. The van der Waals surface area contributed by atoms with Crippen LogP contribution in [0.1, 0.15) is 44.7 Å². The molecule has 2 aromatic rings. The number of methoxy groups -OCH3 is 1. The second-order valence-electron chi connectivity index (χ2n) is 12.3. The van der Waals surface area contributed by atoms with Crippen molar-refractivity contribution >= 4 is 14.3 Å². The molecule has 1 aliphatic heterocycles. The lowest BCUT2D eigenvalue weighted by Crippen LogP contribution is -2.60. The molecular weight excluding hydrogens is 552 g/mol. The highest BCUT2D eigenvalue weighted by Crippen LogP contribution is 2.39. The maximum atomic E-state index is 12.0. The Hall–Kier alpha value is -2.37. The molecule has 2 aromatic carbocycles. The van der Waals surface area contributed by atoms with Crippen molar-refractivity contribution in [1.29, 1.82) is 0 Å². The molecule has 0 aromatic heterocycles. The lowest BCUT2D eigenvalue weighted by atomic mass is 9.90. The Labute approximate surface area is 251 Å². The SMILES string of the molecule is COC(=O)/C=C\[C@@H](C[C@H]1O[C@@H](CCO)[C@H](OCc2ccccc2)[C@@H](OCc2ccccc2)[C@@H]1O)O[Si](C)(C)C(C)(C)C. The summed E-state index contributed by atoms with van der Waals surface area (Å²) >= 11 is 0. The fraction of sp³-hybridized carbons (Fsp3) is 0.545. The van der Waals surface area contributed by atoms with Crippen LogP contribution in [0.3, 0.4) is 0 Å². The molecule has 232 valence electrons. The summed E-state index contributed by atoms with van der Waals surface area (Å²) in [4.78, 5) is 12.0. The van der Waals surface area contributed by atoms with Crippen LogP contribution in [0, 0.1) is 0 Å². The average molecular weight is 601 g/mol. The molecule has 6 atom stereocenters. The first-order chi connectivity index (χ1) is 19.9. The van der Waals surface area contributed by atoms with E-state index >= 15 is 0 Å². The number of benzene rings is 2. The summed E-state index contributed by atoms with van der Waals surface area (Å²) in [6, 6.07) is 19.5. The first-order valence-electron chi connectivity index (χ1n) is 14.6. The first kappa shape index (κ1) is 34.1. The molecule has 3 rings (SSSR count). The van der Waals surface area contributed by atoms with E-state index < -0.39 is 50.9 Å². The molecule has 1 aliphatic rings. The van der Waals surface area contributed by atoms with E-state index in [1.807, 2.05) is 60.7 Å². The summed E-state index contributed by atoms with van der Waals surface area (Å²) in [5.41, 5.74) is 1.95. The zero-order valence-corrected chi connectivity index (χ0v) is 26.8. The second-order valence-corrected chi connectivity index (χ2v) is 17.0. The molecule has 2 N–H and O–H groups in total. The van der Waals surface area contributed by atoms with Crippen molar-refractivity contribution in [3.63, 3.8) is 0 Å². The van der Waals surface area contributed by atoms with Crippen LogP contribution in [0.15, 0.2) is 72.8 Å². The Morgan fingerprint density at radius 2 is 1.50 bits per heavy atom. The summed E-state index contributed by atoms with van der Waals surface area (Å²) in [5.74, 6) is -0.486. The van der Waals surface area contributed by atoms with Gasteiger partial charge < -0.3 is 33.6 Å². The number of aliphatic hydroxyl groups is 2. The minimum atomic E-state index is -2.27. The van der Waals surface area contributed by atoms with Crippen LogP contribution in [0.4, 0.5) is 0 Å².